The third-order valence-corrected chi connectivity index (χ3v) is 6.18. The summed E-state index contributed by atoms with van der Waals surface area (Å²) in [5.41, 5.74) is 2.41. The number of carbonyl (C=O) groups excluding carboxylic acids is 1. The van der Waals surface area contributed by atoms with Crippen LogP contribution in [0.3, 0.4) is 0 Å². The molecule has 7 heteroatoms. The molecule has 7 nitrogen and oxygen atoms in total. The summed E-state index contributed by atoms with van der Waals surface area (Å²) in [6.45, 7) is 2.64. The van der Waals surface area contributed by atoms with Crippen molar-refractivity contribution >= 4 is 5.91 Å². The molecule has 3 heterocycles. The number of ether oxygens (including phenoxy) is 2. The van der Waals surface area contributed by atoms with E-state index in [0.29, 0.717) is 5.69 Å². The predicted molar refractivity (Wildman–Crippen MR) is 126 cm³/mol. The summed E-state index contributed by atoms with van der Waals surface area (Å²) in [5.74, 6) is 1.81. The molecule has 0 saturated carbocycles. The average Bonchev–Trinajstić information content (AvgIpc) is 2.88. The molecule has 2 aromatic heterocycles. The van der Waals surface area contributed by atoms with E-state index in [1.165, 1.54) is 0 Å². The number of nitrogens with one attached hydrogen (secondary N) is 1. The van der Waals surface area contributed by atoms with Crippen LogP contribution in [-0.2, 0) is 6.54 Å². The van der Waals surface area contributed by atoms with E-state index in [1.807, 2.05) is 42.5 Å². The van der Waals surface area contributed by atoms with Crippen molar-refractivity contribution in [3.8, 4) is 11.5 Å². The number of rotatable bonds is 8. The molecule has 3 aromatic rings. The maximum atomic E-state index is 12.9. The molecule has 0 spiro atoms. The van der Waals surface area contributed by atoms with Crippen LogP contribution in [0.2, 0.25) is 0 Å². The molecule has 172 valence electrons. The van der Waals surface area contributed by atoms with Crippen LogP contribution >= 0.6 is 0 Å². The molecule has 1 N–H and O–H groups in total. The first kappa shape index (κ1) is 22.7. The smallest absolute Gasteiger partial charge is 0.270 e. The van der Waals surface area contributed by atoms with Crippen molar-refractivity contribution in [3.63, 3.8) is 0 Å². The van der Waals surface area contributed by atoms with Gasteiger partial charge in [-0.2, -0.15) is 0 Å². The quantitative estimate of drug-likeness (QED) is 0.566. The predicted octanol–water partition coefficient (Wildman–Crippen LogP) is 3.88. The molecule has 33 heavy (non-hydrogen) atoms. The monoisotopic (exact) mass is 446 g/mol. The van der Waals surface area contributed by atoms with Crippen LogP contribution in [0.25, 0.3) is 0 Å². The number of nitrogens with zero attached hydrogens (tertiary/aromatic N) is 3. The second-order valence-electron chi connectivity index (χ2n) is 8.21. The van der Waals surface area contributed by atoms with Gasteiger partial charge in [-0.3, -0.25) is 19.7 Å². The summed E-state index contributed by atoms with van der Waals surface area (Å²) in [6, 6.07) is 16.9. The Morgan fingerprint density at radius 1 is 1.03 bits per heavy atom. The van der Waals surface area contributed by atoms with Crippen LogP contribution in [0.4, 0.5) is 0 Å². The third kappa shape index (κ3) is 5.68. The van der Waals surface area contributed by atoms with Crippen LogP contribution in [-0.4, -0.2) is 48.1 Å². The van der Waals surface area contributed by atoms with Gasteiger partial charge in [0, 0.05) is 24.5 Å². The van der Waals surface area contributed by atoms with Gasteiger partial charge in [0.15, 0.2) is 0 Å². The van der Waals surface area contributed by atoms with Crippen LogP contribution in [0.5, 0.6) is 11.5 Å². The van der Waals surface area contributed by atoms with Crippen LogP contribution < -0.4 is 14.8 Å². The van der Waals surface area contributed by atoms with Crippen molar-refractivity contribution in [1.82, 2.24) is 20.2 Å². The van der Waals surface area contributed by atoms with Crippen molar-refractivity contribution in [3.05, 3.63) is 83.9 Å². The Morgan fingerprint density at radius 2 is 1.79 bits per heavy atom. The van der Waals surface area contributed by atoms with Gasteiger partial charge >= 0.3 is 0 Å². The second kappa shape index (κ2) is 10.9. The number of likely N-dealkylation sites (tertiary alicyclic amines) is 1. The lowest BCUT2D eigenvalue weighted by Gasteiger charge is -2.36. The SMILES string of the molecule is COc1ccc(OC)c(CN2CCC(C(NC(=O)c3ccccn3)c3ccccn3)CC2)c1. The number of hydrogen-bond donors (Lipinski definition) is 1. The zero-order chi connectivity index (χ0) is 23.0. The Labute approximate surface area is 194 Å². The minimum Gasteiger partial charge on any atom is -0.497 e. The zero-order valence-corrected chi connectivity index (χ0v) is 19.1. The number of carbonyl (C=O) groups is 1. The fourth-order valence-electron chi connectivity index (χ4n) is 4.40. The minimum absolute atomic E-state index is 0.158. The Balaban J connectivity index is 1.45. The van der Waals surface area contributed by atoms with Gasteiger partial charge < -0.3 is 14.8 Å². The summed E-state index contributed by atoms with van der Waals surface area (Å²) < 4.78 is 10.9. The van der Waals surface area contributed by atoms with E-state index in [4.69, 9.17) is 9.47 Å². The maximum Gasteiger partial charge on any atom is 0.270 e. The summed E-state index contributed by atoms with van der Waals surface area (Å²) in [4.78, 5) is 24.0. The Morgan fingerprint density at radius 3 is 2.42 bits per heavy atom. The number of benzene rings is 1. The highest BCUT2D eigenvalue weighted by Gasteiger charge is 2.30. The van der Waals surface area contributed by atoms with Gasteiger partial charge in [-0.1, -0.05) is 12.1 Å². The highest BCUT2D eigenvalue weighted by Crippen LogP contribution is 2.32. The Hall–Kier alpha value is -3.45. The number of hydrogen-bond acceptors (Lipinski definition) is 6. The van der Waals surface area contributed by atoms with Gasteiger partial charge in [-0.25, -0.2) is 0 Å². The lowest BCUT2D eigenvalue weighted by Crippen LogP contribution is -2.41. The van der Waals surface area contributed by atoms with Gasteiger partial charge in [0.05, 0.1) is 26.0 Å². The molecule has 1 saturated heterocycles. The number of pyridine rings is 2. The number of methoxy groups -OCH3 is 2. The number of piperidine rings is 1. The normalized spacial score (nSPS) is 15.6. The average molecular weight is 447 g/mol. The molecule has 4 rings (SSSR count). The van der Waals surface area contributed by atoms with E-state index in [2.05, 4.69) is 20.2 Å². The van der Waals surface area contributed by atoms with E-state index >= 15 is 0 Å². The summed E-state index contributed by atoms with van der Waals surface area (Å²) in [6.07, 6.45) is 5.32. The van der Waals surface area contributed by atoms with Gasteiger partial charge in [0.2, 0.25) is 0 Å². The number of amides is 1. The fourth-order valence-corrected chi connectivity index (χ4v) is 4.40. The summed E-state index contributed by atoms with van der Waals surface area (Å²) >= 11 is 0. The van der Waals surface area contributed by atoms with E-state index in [0.717, 1.165) is 55.2 Å². The molecule has 0 bridgehead atoms. The highest BCUT2D eigenvalue weighted by molar-refractivity contribution is 5.92. The molecule has 1 aliphatic heterocycles. The molecular weight excluding hydrogens is 416 g/mol. The molecule has 1 fully saturated rings. The Bertz CT molecular complexity index is 1040. The van der Waals surface area contributed by atoms with Gasteiger partial charge in [-0.15, -0.1) is 0 Å². The summed E-state index contributed by atoms with van der Waals surface area (Å²) in [5, 5.41) is 3.20. The minimum atomic E-state index is -0.171. The Kier molecular flexibility index (Phi) is 7.52. The van der Waals surface area contributed by atoms with Gasteiger partial charge in [0.1, 0.15) is 17.2 Å². The topological polar surface area (TPSA) is 76.6 Å². The fraction of sp³-hybridized carbons (Fsp3) is 0.346. The largest absolute Gasteiger partial charge is 0.497 e. The van der Waals surface area contributed by atoms with E-state index in [-0.39, 0.29) is 17.9 Å². The molecule has 1 amide bonds. The third-order valence-electron chi connectivity index (χ3n) is 6.18. The van der Waals surface area contributed by atoms with E-state index < -0.39 is 0 Å². The first-order valence-electron chi connectivity index (χ1n) is 11.2. The number of aromatic nitrogens is 2. The lowest BCUT2D eigenvalue weighted by molar-refractivity contribution is 0.0883. The molecule has 1 aliphatic rings. The van der Waals surface area contributed by atoms with Gasteiger partial charge in [0.25, 0.3) is 5.91 Å². The van der Waals surface area contributed by atoms with Crippen molar-refractivity contribution in [2.45, 2.75) is 25.4 Å². The molecule has 0 aliphatic carbocycles. The second-order valence-corrected chi connectivity index (χ2v) is 8.21. The van der Waals surface area contributed by atoms with Crippen LogP contribution in [0, 0.1) is 5.92 Å². The van der Waals surface area contributed by atoms with Crippen molar-refractivity contribution < 1.29 is 14.3 Å². The molecule has 0 radical (unpaired) electrons. The summed E-state index contributed by atoms with van der Waals surface area (Å²) in [7, 11) is 3.37. The van der Waals surface area contributed by atoms with E-state index in [1.54, 1.807) is 38.7 Å². The molecule has 1 unspecified atom stereocenters. The maximum absolute atomic E-state index is 12.9. The first-order chi connectivity index (χ1) is 16.2. The first-order valence-corrected chi connectivity index (χ1v) is 11.2. The molecular formula is C26H30N4O3. The standard InChI is InChI=1S/C26H30N4O3/c1-32-21-9-10-24(33-2)20(17-21)18-30-15-11-19(12-16-30)25(22-7-3-5-13-27-22)29-26(31)23-8-4-6-14-28-23/h3-10,13-14,17,19,25H,11-12,15-16,18H2,1-2H3,(H,29,31). The van der Waals surface area contributed by atoms with E-state index in [9.17, 15) is 4.79 Å². The van der Waals surface area contributed by atoms with Crippen molar-refractivity contribution in [2.75, 3.05) is 27.3 Å². The van der Waals surface area contributed by atoms with Crippen molar-refractivity contribution in [2.24, 2.45) is 5.92 Å². The highest BCUT2D eigenvalue weighted by atomic mass is 16.5. The van der Waals surface area contributed by atoms with Crippen LogP contribution in [0.1, 0.15) is 40.6 Å². The zero-order valence-electron chi connectivity index (χ0n) is 19.1. The van der Waals surface area contributed by atoms with Gasteiger partial charge in [-0.05, 0) is 74.3 Å². The lowest BCUT2D eigenvalue weighted by atomic mass is 9.87. The van der Waals surface area contributed by atoms with Crippen molar-refractivity contribution in [1.29, 1.82) is 0 Å². The molecule has 1 aromatic carbocycles. The van der Waals surface area contributed by atoms with Crippen LogP contribution in [0.15, 0.2) is 67.0 Å². The molecule has 1 atom stereocenters.